The Morgan fingerprint density at radius 3 is 3.00 bits per heavy atom. The number of aromatic nitrogens is 1. The molecular formula is C12H11NO. The summed E-state index contributed by atoms with van der Waals surface area (Å²) in [5.41, 5.74) is 3.38. The number of aryl methyl sites for hydroxylation is 1. The summed E-state index contributed by atoms with van der Waals surface area (Å²) in [4.78, 5) is 13.4. The van der Waals surface area contributed by atoms with Gasteiger partial charge < -0.3 is 4.98 Å². The van der Waals surface area contributed by atoms with E-state index in [1.54, 1.807) is 6.08 Å². The van der Waals surface area contributed by atoms with Crippen molar-refractivity contribution in [3.63, 3.8) is 0 Å². The number of carbonyl (C=O) groups is 1. The van der Waals surface area contributed by atoms with Crippen molar-refractivity contribution in [2.24, 2.45) is 0 Å². The summed E-state index contributed by atoms with van der Waals surface area (Å²) in [6, 6.07) is 6.22. The fraction of sp³-hybridized carbons (Fsp3) is 0.0833. The lowest BCUT2D eigenvalue weighted by molar-refractivity contribution is -0.104. The van der Waals surface area contributed by atoms with E-state index < -0.39 is 0 Å². The van der Waals surface area contributed by atoms with Gasteiger partial charge in [0.2, 0.25) is 0 Å². The maximum atomic E-state index is 10.2. The first-order valence-corrected chi connectivity index (χ1v) is 4.51. The highest BCUT2D eigenvalue weighted by atomic mass is 16.1. The minimum absolute atomic E-state index is 0.785. The van der Waals surface area contributed by atoms with Crippen LogP contribution in [0.25, 0.3) is 17.0 Å². The van der Waals surface area contributed by atoms with Gasteiger partial charge in [-0.05, 0) is 36.3 Å². The number of aromatic amines is 1. The predicted molar refractivity (Wildman–Crippen MR) is 58.1 cm³/mol. The minimum atomic E-state index is 0.785. The molecule has 1 N–H and O–H groups in total. The molecule has 1 aromatic carbocycles. The molecule has 0 saturated heterocycles. The number of hydrogen-bond donors (Lipinski definition) is 1. The zero-order chi connectivity index (χ0) is 9.97. The lowest BCUT2D eigenvalue weighted by atomic mass is 10.1. The summed E-state index contributed by atoms with van der Waals surface area (Å²) in [5.74, 6) is 0. The molecule has 0 radical (unpaired) electrons. The van der Waals surface area contributed by atoms with E-state index in [0.29, 0.717) is 0 Å². The Bertz CT molecular complexity index is 494. The molecular weight excluding hydrogens is 174 g/mol. The van der Waals surface area contributed by atoms with Crippen LogP contribution in [-0.4, -0.2) is 11.3 Å². The fourth-order valence-electron chi connectivity index (χ4n) is 1.54. The van der Waals surface area contributed by atoms with Gasteiger partial charge in [0, 0.05) is 17.1 Å². The molecule has 2 rings (SSSR count). The van der Waals surface area contributed by atoms with Crippen molar-refractivity contribution in [2.45, 2.75) is 6.92 Å². The summed E-state index contributed by atoms with van der Waals surface area (Å²) in [5, 5.41) is 1.15. The largest absolute Gasteiger partial charge is 0.361 e. The highest BCUT2D eigenvalue weighted by Gasteiger charge is 1.99. The summed E-state index contributed by atoms with van der Waals surface area (Å²) >= 11 is 0. The fourth-order valence-corrected chi connectivity index (χ4v) is 1.54. The molecule has 2 nitrogen and oxygen atoms in total. The van der Waals surface area contributed by atoms with Crippen LogP contribution in [0.2, 0.25) is 0 Å². The van der Waals surface area contributed by atoms with E-state index in [9.17, 15) is 4.79 Å². The van der Waals surface area contributed by atoms with Crippen LogP contribution in [0.1, 0.15) is 11.1 Å². The van der Waals surface area contributed by atoms with Crippen molar-refractivity contribution in [3.8, 4) is 0 Å². The minimum Gasteiger partial charge on any atom is -0.361 e. The number of allylic oxidation sites excluding steroid dienone is 1. The second kappa shape index (κ2) is 3.50. The third-order valence-corrected chi connectivity index (χ3v) is 2.22. The number of fused-ring (bicyclic) bond motifs is 1. The first kappa shape index (κ1) is 8.75. The lowest BCUT2D eigenvalue weighted by Crippen LogP contribution is -1.72. The molecule has 2 aromatic rings. The molecule has 2 heteroatoms. The Labute approximate surface area is 82.3 Å². The van der Waals surface area contributed by atoms with E-state index in [4.69, 9.17) is 0 Å². The second-order valence-corrected chi connectivity index (χ2v) is 3.29. The van der Waals surface area contributed by atoms with Crippen molar-refractivity contribution < 1.29 is 4.79 Å². The Kier molecular flexibility index (Phi) is 2.19. The zero-order valence-electron chi connectivity index (χ0n) is 7.95. The Morgan fingerprint density at radius 2 is 2.21 bits per heavy atom. The van der Waals surface area contributed by atoms with Crippen molar-refractivity contribution in [3.05, 3.63) is 41.6 Å². The average molecular weight is 185 g/mol. The maximum Gasteiger partial charge on any atom is 0.142 e. The van der Waals surface area contributed by atoms with E-state index >= 15 is 0 Å². The molecule has 14 heavy (non-hydrogen) atoms. The topological polar surface area (TPSA) is 32.9 Å². The van der Waals surface area contributed by atoms with Gasteiger partial charge in [-0.25, -0.2) is 0 Å². The lowest BCUT2D eigenvalue weighted by Gasteiger charge is -1.93. The second-order valence-electron chi connectivity index (χ2n) is 3.29. The maximum absolute atomic E-state index is 10.2. The Hall–Kier alpha value is -1.83. The van der Waals surface area contributed by atoms with E-state index in [2.05, 4.69) is 30.1 Å². The van der Waals surface area contributed by atoms with Crippen LogP contribution in [0.4, 0.5) is 0 Å². The van der Waals surface area contributed by atoms with Gasteiger partial charge in [0.15, 0.2) is 0 Å². The van der Waals surface area contributed by atoms with Gasteiger partial charge in [-0.1, -0.05) is 12.1 Å². The van der Waals surface area contributed by atoms with Crippen LogP contribution >= 0.6 is 0 Å². The predicted octanol–water partition coefficient (Wildman–Crippen LogP) is 2.69. The van der Waals surface area contributed by atoms with Gasteiger partial charge in [0.25, 0.3) is 0 Å². The molecule has 0 aliphatic rings. The van der Waals surface area contributed by atoms with Gasteiger partial charge in [-0.3, -0.25) is 4.79 Å². The van der Waals surface area contributed by atoms with E-state index in [0.717, 1.165) is 22.8 Å². The highest BCUT2D eigenvalue weighted by Crippen LogP contribution is 2.20. The van der Waals surface area contributed by atoms with Crippen molar-refractivity contribution in [1.82, 2.24) is 4.98 Å². The molecule has 0 spiro atoms. The number of H-pyrrole nitrogens is 1. The summed E-state index contributed by atoms with van der Waals surface area (Å²) < 4.78 is 0. The smallest absolute Gasteiger partial charge is 0.142 e. The van der Waals surface area contributed by atoms with Crippen LogP contribution in [0.3, 0.4) is 0 Å². The number of carbonyl (C=O) groups excluding carboxylic acids is 1. The van der Waals surface area contributed by atoms with E-state index in [1.165, 1.54) is 11.6 Å². The van der Waals surface area contributed by atoms with Gasteiger partial charge in [-0.2, -0.15) is 0 Å². The van der Waals surface area contributed by atoms with Crippen LogP contribution < -0.4 is 0 Å². The van der Waals surface area contributed by atoms with Gasteiger partial charge in [-0.15, -0.1) is 0 Å². The molecule has 0 amide bonds. The average Bonchev–Trinajstić information content (AvgIpc) is 2.57. The Morgan fingerprint density at radius 1 is 1.36 bits per heavy atom. The van der Waals surface area contributed by atoms with Crippen LogP contribution in [-0.2, 0) is 4.79 Å². The van der Waals surface area contributed by atoms with Gasteiger partial charge in [0.05, 0.1) is 0 Å². The molecule has 1 heterocycles. The first-order chi connectivity index (χ1) is 6.81. The molecule has 1 aromatic heterocycles. The number of hydrogen-bond acceptors (Lipinski definition) is 1. The summed E-state index contributed by atoms with van der Waals surface area (Å²) in [7, 11) is 0. The first-order valence-electron chi connectivity index (χ1n) is 4.51. The Balaban J connectivity index is 2.58. The third kappa shape index (κ3) is 1.46. The zero-order valence-corrected chi connectivity index (χ0v) is 7.95. The SMILES string of the molecule is Cc1ccc2c(C=CC=O)c[nH]c2c1. The molecule has 0 aliphatic heterocycles. The summed E-state index contributed by atoms with van der Waals surface area (Å²) in [6.07, 6.45) is 6.00. The molecule has 0 aliphatic carbocycles. The van der Waals surface area contributed by atoms with Gasteiger partial charge in [0.1, 0.15) is 6.29 Å². The quantitative estimate of drug-likeness (QED) is 0.566. The number of rotatable bonds is 2. The molecule has 0 bridgehead atoms. The number of benzene rings is 1. The molecule has 0 atom stereocenters. The normalized spacial score (nSPS) is 11.2. The van der Waals surface area contributed by atoms with Crippen LogP contribution in [0.5, 0.6) is 0 Å². The standard InChI is InChI=1S/C12H11NO/c1-9-4-5-11-10(3-2-6-14)8-13-12(11)7-9/h2-8,13H,1H3. The van der Waals surface area contributed by atoms with E-state index in [1.807, 2.05) is 6.20 Å². The van der Waals surface area contributed by atoms with Crippen molar-refractivity contribution in [1.29, 1.82) is 0 Å². The van der Waals surface area contributed by atoms with Crippen LogP contribution in [0, 0.1) is 6.92 Å². The van der Waals surface area contributed by atoms with Gasteiger partial charge >= 0.3 is 0 Å². The number of nitrogens with one attached hydrogen (secondary N) is 1. The van der Waals surface area contributed by atoms with Crippen LogP contribution in [0.15, 0.2) is 30.5 Å². The third-order valence-electron chi connectivity index (χ3n) is 2.22. The van der Waals surface area contributed by atoms with Crippen molar-refractivity contribution >= 4 is 23.3 Å². The molecule has 70 valence electrons. The highest BCUT2D eigenvalue weighted by molar-refractivity contribution is 5.91. The summed E-state index contributed by atoms with van der Waals surface area (Å²) in [6.45, 7) is 2.06. The number of aldehydes is 1. The van der Waals surface area contributed by atoms with E-state index in [-0.39, 0.29) is 0 Å². The molecule has 0 fully saturated rings. The molecule has 0 saturated carbocycles. The molecule has 0 unspecified atom stereocenters. The van der Waals surface area contributed by atoms with Crippen molar-refractivity contribution in [2.75, 3.05) is 0 Å². The monoisotopic (exact) mass is 185 g/mol.